The van der Waals surface area contributed by atoms with Crippen molar-refractivity contribution in [2.75, 3.05) is 7.11 Å². The van der Waals surface area contributed by atoms with Crippen LogP contribution in [-0.2, 0) is 0 Å². The Balaban J connectivity index is 2.60. The van der Waals surface area contributed by atoms with Gasteiger partial charge in [0, 0.05) is 18.3 Å². The van der Waals surface area contributed by atoms with Crippen molar-refractivity contribution in [3.05, 3.63) is 38.2 Å². The highest BCUT2D eigenvalue weighted by Crippen LogP contribution is 2.23. The van der Waals surface area contributed by atoms with Crippen molar-refractivity contribution in [1.82, 2.24) is 14.8 Å². The Labute approximate surface area is 110 Å². The Hall–Kier alpha value is -1.71. The van der Waals surface area contributed by atoms with Gasteiger partial charge in [-0.1, -0.05) is 0 Å². The molecule has 0 aliphatic rings. The van der Waals surface area contributed by atoms with Crippen molar-refractivity contribution in [2.45, 2.75) is 0 Å². The van der Waals surface area contributed by atoms with Gasteiger partial charge in [-0.15, -0.1) is 0 Å². The molecule has 0 aromatic carbocycles. The fraction of sp³-hybridized carbons (Fsp3) is 0.111. The van der Waals surface area contributed by atoms with Crippen LogP contribution in [0.4, 0.5) is 5.69 Å². The van der Waals surface area contributed by atoms with Crippen molar-refractivity contribution in [3.8, 4) is 11.7 Å². The van der Waals surface area contributed by atoms with Crippen molar-refractivity contribution >= 4 is 28.3 Å². The number of hydrogen-bond acceptors (Lipinski definition) is 5. The zero-order valence-electron chi connectivity index (χ0n) is 8.70. The zero-order chi connectivity index (χ0) is 12.4. The number of nitro groups is 1. The van der Waals surface area contributed by atoms with E-state index < -0.39 is 4.92 Å². The van der Waals surface area contributed by atoms with Crippen LogP contribution >= 0.6 is 22.6 Å². The Bertz CT molecular complexity index is 569. The molecule has 8 heteroatoms. The van der Waals surface area contributed by atoms with Gasteiger partial charge in [0.05, 0.1) is 21.8 Å². The second-order valence-corrected chi connectivity index (χ2v) is 4.30. The largest absolute Gasteiger partial charge is 0.481 e. The molecule has 0 fully saturated rings. The van der Waals surface area contributed by atoms with E-state index in [0.717, 1.165) is 3.57 Å². The van der Waals surface area contributed by atoms with E-state index in [1.807, 2.05) is 0 Å². The van der Waals surface area contributed by atoms with Crippen LogP contribution in [0, 0.1) is 13.7 Å². The van der Waals surface area contributed by atoms with E-state index >= 15 is 0 Å². The lowest BCUT2D eigenvalue weighted by molar-refractivity contribution is -0.385. The van der Waals surface area contributed by atoms with Crippen molar-refractivity contribution in [2.24, 2.45) is 0 Å². The third-order valence-corrected chi connectivity index (χ3v) is 2.56. The highest BCUT2D eigenvalue weighted by Gasteiger charge is 2.18. The van der Waals surface area contributed by atoms with Crippen LogP contribution in [0.15, 0.2) is 24.5 Å². The first-order valence-corrected chi connectivity index (χ1v) is 5.59. The Morgan fingerprint density at radius 2 is 2.29 bits per heavy atom. The molecule has 7 nitrogen and oxygen atoms in total. The molecule has 0 atom stereocenters. The molecule has 2 heterocycles. The van der Waals surface area contributed by atoms with Crippen molar-refractivity contribution in [1.29, 1.82) is 0 Å². The third-order valence-electron chi connectivity index (χ3n) is 2.00. The molecule has 2 rings (SSSR count). The Morgan fingerprint density at radius 1 is 1.53 bits per heavy atom. The van der Waals surface area contributed by atoms with Gasteiger partial charge < -0.3 is 4.74 Å². The lowest BCUT2D eigenvalue weighted by Gasteiger charge is -2.04. The lowest BCUT2D eigenvalue weighted by Crippen LogP contribution is -2.04. The Kier molecular flexibility index (Phi) is 3.22. The highest BCUT2D eigenvalue weighted by atomic mass is 127. The fourth-order valence-electron chi connectivity index (χ4n) is 1.27. The summed E-state index contributed by atoms with van der Waals surface area (Å²) in [5.74, 6) is 0.438. The lowest BCUT2D eigenvalue weighted by atomic mass is 10.4. The van der Waals surface area contributed by atoms with Crippen LogP contribution in [0.5, 0.6) is 5.88 Å². The summed E-state index contributed by atoms with van der Waals surface area (Å²) in [6.07, 6.45) is 3.24. The molecule has 0 bridgehead atoms. The topological polar surface area (TPSA) is 83.1 Å². The Morgan fingerprint density at radius 3 is 2.82 bits per heavy atom. The molecular formula is C9H7IN4O3. The number of pyridine rings is 1. The smallest absolute Gasteiger partial charge is 0.314 e. The maximum absolute atomic E-state index is 10.9. The predicted octanol–water partition coefficient (Wildman–Crippen LogP) is 1.79. The minimum atomic E-state index is -0.504. The molecule has 0 aliphatic carbocycles. The number of halogens is 1. The van der Waals surface area contributed by atoms with E-state index in [0.29, 0.717) is 5.88 Å². The van der Waals surface area contributed by atoms with E-state index in [2.05, 4.69) is 32.7 Å². The molecule has 0 aliphatic heterocycles. The summed E-state index contributed by atoms with van der Waals surface area (Å²) >= 11 is 2.06. The van der Waals surface area contributed by atoms with E-state index in [4.69, 9.17) is 4.74 Å². The van der Waals surface area contributed by atoms with Crippen LogP contribution in [0.1, 0.15) is 0 Å². The standard InChI is InChI=1S/C9H7IN4O3/c1-17-8-3-2-7(14(15)16)9(12-8)13-5-6(10)4-11-13/h2-5H,1H3. The number of hydrogen-bond donors (Lipinski definition) is 0. The monoisotopic (exact) mass is 346 g/mol. The molecule has 0 unspecified atom stereocenters. The average Bonchev–Trinajstić information content (AvgIpc) is 2.75. The first kappa shape index (κ1) is 11.8. The molecule has 2 aromatic heterocycles. The second-order valence-electron chi connectivity index (χ2n) is 3.06. The van der Waals surface area contributed by atoms with Crippen LogP contribution in [0.25, 0.3) is 5.82 Å². The van der Waals surface area contributed by atoms with Gasteiger partial charge in [-0.2, -0.15) is 10.1 Å². The molecule has 2 aromatic rings. The van der Waals surface area contributed by atoms with Gasteiger partial charge in [0.1, 0.15) is 0 Å². The van der Waals surface area contributed by atoms with Gasteiger partial charge in [-0.05, 0) is 22.6 Å². The molecule has 0 saturated heterocycles. The summed E-state index contributed by atoms with van der Waals surface area (Å²) in [5.41, 5.74) is -0.120. The van der Waals surface area contributed by atoms with Crippen molar-refractivity contribution in [3.63, 3.8) is 0 Å². The van der Waals surface area contributed by atoms with Crippen LogP contribution < -0.4 is 4.74 Å². The van der Waals surface area contributed by atoms with Gasteiger partial charge >= 0.3 is 5.69 Å². The number of rotatable bonds is 3. The van der Waals surface area contributed by atoms with E-state index in [9.17, 15) is 10.1 Å². The third kappa shape index (κ3) is 2.35. The first-order valence-electron chi connectivity index (χ1n) is 4.52. The summed E-state index contributed by atoms with van der Waals surface area (Å²) < 4.78 is 7.15. The number of ether oxygens (including phenoxy) is 1. The summed E-state index contributed by atoms with van der Waals surface area (Å²) in [5, 5.41) is 14.9. The predicted molar refractivity (Wildman–Crippen MR) is 67.3 cm³/mol. The number of nitrogens with zero attached hydrogens (tertiary/aromatic N) is 4. The summed E-state index contributed by atoms with van der Waals surface area (Å²) in [4.78, 5) is 14.4. The molecular weight excluding hydrogens is 339 g/mol. The molecule has 17 heavy (non-hydrogen) atoms. The minimum absolute atomic E-state index is 0.120. The number of methoxy groups -OCH3 is 1. The van der Waals surface area contributed by atoms with Gasteiger partial charge in [0.2, 0.25) is 11.7 Å². The molecule has 0 spiro atoms. The maximum Gasteiger partial charge on any atom is 0.314 e. The fourth-order valence-corrected chi connectivity index (χ4v) is 1.65. The molecule has 0 N–H and O–H groups in total. The quantitative estimate of drug-likeness (QED) is 0.481. The van der Waals surface area contributed by atoms with E-state index in [1.165, 1.54) is 23.9 Å². The number of aromatic nitrogens is 3. The van der Waals surface area contributed by atoms with Gasteiger partial charge in [0.25, 0.3) is 0 Å². The average molecular weight is 346 g/mol. The van der Waals surface area contributed by atoms with Crippen LogP contribution in [-0.4, -0.2) is 26.8 Å². The van der Waals surface area contributed by atoms with Crippen LogP contribution in [0.2, 0.25) is 0 Å². The molecule has 0 radical (unpaired) electrons. The zero-order valence-corrected chi connectivity index (χ0v) is 10.9. The van der Waals surface area contributed by atoms with Gasteiger partial charge in [0.15, 0.2) is 0 Å². The van der Waals surface area contributed by atoms with Gasteiger partial charge in [-0.25, -0.2) is 4.68 Å². The summed E-state index contributed by atoms with van der Waals surface area (Å²) in [6.45, 7) is 0. The second kappa shape index (κ2) is 4.65. The molecule has 0 saturated carbocycles. The summed E-state index contributed by atoms with van der Waals surface area (Å²) in [6, 6.07) is 2.78. The molecule has 88 valence electrons. The van der Waals surface area contributed by atoms with Crippen LogP contribution in [0.3, 0.4) is 0 Å². The SMILES string of the molecule is COc1ccc([N+](=O)[O-])c(-n2cc(I)cn2)n1. The summed E-state index contributed by atoms with van der Waals surface area (Å²) in [7, 11) is 1.45. The van der Waals surface area contributed by atoms with Gasteiger partial charge in [-0.3, -0.25) is 10.1 Å². The van der Waals surface area contributed by atoms with Crippen molar-refractivity contribution < 1.29 is 9.66 Å². The minimum Gasteiger partial charge on any atom is -0.481 e. The first-order chi connectivity index (χ1) is 8.11. The molecule has 0 amide bonds. The van der Waals surface area contributed by atoms with E-state index in [-0.39, 0.29) is 11.5 Å². The normalized spacial score (nSPS) is 10.2. The highest BCUT2D eigenvalue weighted by molar-refractivity contribution is 14.1. The maximum atomic E-state index is 10.9. The van der Waals surface area contributed by atoms with E-state index in [1.54, 1.807) is 12.4 Å².